The molecule has 0 saturated heterocycles. The molecule has 1 aromatic carbocycles. The van der Waals surface area contributed by atoms with Crippen LogP contribution in [0.25, 0.3) is 0 Å². The Balaban J connectivity index is 2.41. The Morgan fingerprint density at radius 2 is 2.11 bits per heavy atom. The number of carbonyl (C=O) groups excluding carboxylic acids is 1. The topological polar surface area (TPSA) is 40.9 Å². The van der Waals surface area contributed by atoms with E-state index in [2.05, 4.69) is 0 Å². The molecule has 0 amide bonds. The third-order valence-electron chi connectivity index (χ3n) is 2.43. The molecule has 1 atom stereocenters. The molecule has 0 bridgehead atoms. The second kappa shape index (κ2) is 5.07. The molecule has 2 nitrogen and oxygen atoms in total. The highest BCUT2D eigenvalue weighted by Crippen LogP contribution is 2.25. The van der Waals surface area contributed by atoms with E-state index in [9.17, 15) is 13.6 Å². The van der Waals surface area contributed by atoms with Crippen molar-refractivity contribution in [2.24, 2.45) is 0 Å². The Morgan fingerprint density at radius 3 is 2.67 bits per heavy atom. The molecule has 0 saturated carbocycles. The number of Topliss-reactive ketones (excluding diaryl/α,β-unsaturated/α-hetero) is 1. The summed E-state index contributed by atoms with van der Waals surface area (Å²) >= 11 is 1.18. The number of carbonyl (C=O) groups is 1. The van der Waals surface area contributed by atoms with Crippen molar-refractivity contribution in [3.8, 4) is 6.07 Å². The van der Waals surface area contributed by atoms with Crippen molar-refractivity contribution in [2.45, 2.75) is 5.92 Å². The monoisotopic (exact) mass is 263 g/mol. The van der Waals surface area contributed by atoms with Gasteiger partial charge in [-0.3, -0.25) is 4.79 Å². The molecule has 5 heteroatoms. The first-order valence-corrected chi connectivity index (χ1v) is 5.93. The summed E-state index contributed by atoms with van der Waals surface area (Å²) in [6, 6.07) is 7.83. The van der Waals surface area contributed by atoms with Crippen molar-refractivity contribution in [1.82, 2.24) is 0 Å². The minimum Gasteiger partial charge on any atom is -0.291 e. The van der Waals surface area contributed by atoms with E-state index in [0.29, 0.717) is 10.9 Å². The van der Waals surface area contributed by atoms with Crippen LogP contribution in [-0.4, -0.2) is 5.78 Å². The average Bonchev–Trinajstić information content (AvgIpc) is 2.86. The molecule has 0 radical (unpaired) electrons. The molecule has 0 aliphatic heterocycles. The molecule has 90 valence electrons. The number of thiophene rings is 1. The van der Waals surface area contributed by atoms with Crippen LogP contribution in [0.5, 0.6) is 0 Å². The van der Waals surface area contributed by atoms with Crippen LogP contribution in [0.15, 0.2) is 35.7 Å². The molecule has 1 unspecified atom stereocenters. The van der Waals surface area contributed by atoms with Gasteiger partial charge in [-0.1, -0.05) is 12.1 Å². The van der Waals surface area contributed by atoms with Crippen LogP contribution < -0.4 is 0 Å². The van der Waals surface area contributed by atoms with Gasteiger partial charge in [-0.25, -0.2) is 8.78 Å². The van der Waals surface area contributed by atoms with Crippen LogP contribution in [0.1, 0.15) is 21.2 Å². The highest BCUT2D eigenvalue weighted by atomic mass is 32.1. The predicted molar refractivity (Wildman–Crippen MR) is 63.4 cm³/mol. The SMILES string of the molecule is N#CC(C(=O)c1cccs1)c1ccc(F)cc1F. The van der Waals surface area contributed by atoms with Gasteiger partial charge in [0, 0.05) is 11.6 Å². The molecule has 18 heavy (non-hydrogen) atoms. The minimum absolute atomic E-state index is 0.0997. The van der Waals surface area contributed by atoms with Gasteiger partial charge in [-0.15, -0.1) is 11.3 Å². The molecule has 0 N–H and O–H groups in total. The number of rotatable bonds is 3. The normalized spacial score (nSPS) is 11.8. The van der Waals surface area contributed by atoms with Crippen molar-refractivity contribution in [3.63, 3.8) is 0 Å². The van der Waals surface area contributed by atoms with Gasteiger partial charge in [0.05, 0.1) is 10.9 Å². The summed E-state index contributed by atoms with van der Waals surface area (Å²) < 4.78 is 26.3. The highest BCUT2D eigenvalue weighted by molar-refractivity contribution is 7.12. The largest absolute Gasteiger partial charge is 0.291 e. The summed E-state index contributed by atoms with van der Waals surface area (Å²) in [5, 5.41) is 10.7. The van der Waals surface area contributed by atoms with Crippen LogP contribution in [0.4, 0.5) is 8.78 Å². The lowest BCUT2D eigenvalue weighted by Crippen LogP contribution is -2.11. The zero-order valence-electron chi connectivity index (χ0n) is 9.06. The van der Waals surface area contributed by atoms with Crippen LogP contribution in [-0.2, 0) is 0 Å². The number of halogens is 2. The quantitative estimate of drug-likeness (QED) is 0.795. The molecule has 0 fully saturated rings. The van der Waals surface area contributed by atoms with E-state index >= 15 is 0 Å². The first-order chi connectivity index (χ1) is 8.63. The standard InChI is InChI=1S/C13H7F2NOS/c14-8-3-4-9(11(15)6-8)10(7-16)13(17)12-2-1-5-18-12/h1-6,10H. The van der Waals surface area contributed by atoms with Crippen molar-refractivity contribution in [2.75, 3.05) is 0 Å². The Morgan fingerprint density at radius 1 is 1.33 bits per heavy atom. The van der Waals surface area contributed by atoms with Gasteiger partial charge in [-0.2, -0.15) is 5.26 Å². The Hall–Kier alpha value is -2.06. The van der Waals surface area contributed by atoms with Gasteiger partial charge in [0.2, 0.25) is 0 Å². The van der Waals surface area contributed by atoms with Gasteiger partial charge in [-0.05, 0) is 17.5 Å². The number of ketones is 1. The van der Waals surface area contributed by atoms with Crippen LogP contribution in [0, 0.1) is 23.0 Å². The highest BCUT2D eigenvalue weighted by Gasteiger charge is 2.25. The lowest BCUT2D eigenvalue weighted by molar-refractivity contribution is 0.0981. The van der Waals surface area contributed by atoms with E-state index in [1.807, 2.05) is 0 Å². The molecule has 2 rings (SSSR count). The maximum absolute atomic E-state index is 13.5. The Bertz CT molecular complexity index is 616. The first kappa shape index (κ1) is 12.4. The van der Waals surface area contributed by atoms with E-state index in [0.717, 1.165) is 12.1 Å². The summed E-state index contributed by atoms with van der Waals surface area (Å²) in [4.78, 5) is 12.4. The molecular weight excluding hydrogens is 256 g/mol. The maximum Gasteiger partial charge on any atom is 0.194 e. The minimum atomic E-state index is -1.25. The smallest absolute Gasteiger partial charge is 0.194 e. The van der Waals surface area contributed by atoms with Crippen molar-refractivity contribution >= 4 is 17.1 Å². The van der Waals surface area contributed by atoms with Crippen LogP contribution >= 0.6 is 11.3 Å². The number of benzene rings is 1. The summed E-state index contributed by atoms with van der Waals surface area (Å²) in [6.07, 6.45) is 0. The van der Waals surface area contributed by atoms with E-state index in [-0.39, 0.29) is 5.56 Å². The molecule has 0 spiro atoms. The fraction of sp³-hybridized carbons (Fsp3) is 0.0769. The first-order valence-electron chi connectivity index (χ1n) is 5.05. The Labute approximate surface area is 106 Å². The number of hydrogen-bond donors (Lipinski definition) is 0. The zero-order valence-corrected chi connectivity index (χ0v) is 9.88. The Kier molecular flexibility index (Phi) is 3.49. The van der Waals surface area contributed by atoms with Gasteiger partial charge in [0.15, 0.2) is 5.78 Å². The third kappa shape index (κ3) is 2.29. The summed E-state index contributed by atoms with van der Waals surface area (Å²) in [5.41, 5.74) is -0.0997. The molecule has 1 aromatic heterocycles. The average molecular weight is 263 g/mol. The third-order valence-corrected chi connectivity index (χ3v) is 3.31. The number of nitriles is 1. The fourth-order valence-electron chi connectivity index (χ4n) is 1.57. The molecule has 1 heterocycles. The fourth-order valence-corrected chi connectivity index (χ4v) is 2.26. The molecular formula is C13H7F2NOS. The van der Waals surface area contributed by atoms with Crippen molar-refractivity contribution < 1.29 is 13.6 Å². The lowest BCUT2D eigenvalue weighted by atomic mass is 9.95. The van der Waals surface area contributed by atoms with Gasteiger partial charge in [0.1, 0.15) is 17.6 Å². The van der Waals surface area contributed by atoms with Gasteiger partial charge in [0.25, 0.3) is 0 Å². The lowest BCUT2D eigenvalue weighted by Gasteiger charge is -2.08. The maximum atomic E-state index is 13.5. The van der Waals surface area contributed by atoms with Gasteiger partial charge >= 0.3 is 0 Å². The van der Waals surface area contributed by atoms with Gasteiger partial charge < -0.3 is 0 Å². The molecule has 2 aromatic rings. The van der Waals surface area contributed by atoms with Crippen LogP contribution in [0.2, 0.25) is 0 Å². The summed E-state index contributed by atoms with van der Waals surface area (Å²) in [7, 11) is 0. The zero-order chi connectivity index (χ0) is 13.1. The second-order valence-electron chi connectivity index (χ2n) is 3.57. The summed E-state index contributed by atoms with van der Waals surface area (Å²) in [5.74, 6) is -3.34. The number of nitrogens with zero attached hydrogens (tertiary/aromatic N) is 1. The van der Waals surface area contributed by atoms with Crippen LogP contribution in [0.3, 0.4) is 0 Å². The van der Waals surface area contributed by atoms with E-state index in [4.69, 9.17) is 5.26 Å². The summed E-state index contributed by atoms with van der Waals surface area (Å²) in [6.45, 7) is 0. The van der Waals surface area contributed by atoms with E-state index in [1.54, 1.807) is 23.6 Å². The van der Waals surface area contributed by atoms with E-state index < -0.39 is 23.3 Å². The number of hydrogen-bond acceptors (Lipinski definition) is 3. The van der Waals surface area contributed by atoms with Crippen molar-refractivity contribution in [1.29, 1.82) is 5.26 Å². The van der Waals surface area contributed by atoms with Crippen molar-refractivity contribution in [3.05, 3.63) is 57.8 Å². The predicted octanol–water partition coefficient (Wildman–Crippen LogP) is 3.52. The molecule has 0 aliphatic carbocycles. The second-order valence-corrected chi connectivity index (χ2v) is 4.52. The molecule has 0 aliphatic rings. The van der Waals surface area contributed by atoms with E-state index in [1.165, 1.54) is 11.3 Å².